The third-order valence-electron chi connectivity index (χ3n) is 10.5. The molecule has 3 nitrogen and oxygen atoms in total. The van der Waals surface area contributed by atoms with Crippen LogP contribution in [0.3, 0.4) is 0 Å². The number of fused-ring (bicyclic) bond motifs is 13. The Labute approximate surface area is 293 Å². The molecule has 238 valence electrons. The van der Waals surface area contributed by atoms with Gasteiger partial charge in [0.15, 0.2) is 0 Å². The molecule has 0 N–H and O–H groups in total. The predicted molar refractivity (Wildman–Crippen MR) is 215 cm³/mol. The van der Waals surface area contributed by atoms with Crippen molar-refractivity contribution < 1.29 is 4.42 Å². The number of benzene rings is 9. The molecule has 2 heterocycles. The van der Waals surface area contributed by atoms with Crippen molar-refractivity contribution in [3.05, 3.63) is 182 Å². The highest BCUT2D eigenvalue weighted by Gasteiger charge is 2.22. The van der Waals surface area contributed by atoms with Crippen LogP contribution in [-0.2, 0) is 0 Å². The highest BCUT2D eigenvalue weighted by molar-refractivity contribution is 6.35. The zero-order chi connectivity index (χ0) is 33.5. The van der Waals surface area contributed by atoms with Crippen LogP contribution in [0.2, 0.25) is 0 Å². The Morgan fingerprint density at radius 1 is 0.392 bits per heavy atom. The summed E-state index contributed by atoms with van der Waals surface area (Å²) in [4.78, 5) is 2.42. The highest BCUT2D eigenvalue weighted by Crippen LogP contribution is 2.47. The molecule has 3 heteroatoms. The average Bonchev–Trinajstić information content (AvgIpc) is 3.76. The first kappa shape index (κ1) is 28.0. The Hall–Kier alpha value is -6.84. The van der Waals surface area contributed by atoms with Gasteiger partial charge in [0.2, 0.25) is 0 Å². The second-order valence-corrected chi connectivity index (χ2v) is 13.3. The van der Waals surface area contributed by atoms with Crippen LogP contribution in [0.1, 0.15) is 0 Å². The Bertz CT molecular complexity index is 3140. The molecule has 51 heavy (non-hydrogen) atoms. The molecule has 2 aromatic heterocycles. The molecule has 0 bridgehead atoms. The lowest BCUT2D eigenvalue weighted by atomic mass is 9.92. The van der Waals surface area contributed by atoms with Crippen molar-refractivity contribution in [2.24, 2.45) is 0 Å². The molecule has 11 aromatic rings. The highest BCUT2D eigenvalue weighted by atomic mass is 16.3. The van der Waals surface area contributed by atoms with E-state index in [0.717, 1.165) is 44.7 Å². The van der Waals surface area contributed by atoms with Gasteiger partial charge >= 0.3 is 0 Å². The molecule has 11 rings (SSSR count). The fraction of sp³-hybridized carbons (Fsp3) is 0. The molecule has 0 saturated heterocycles. The van der Waals surface area contributed by atoms with Crippen LogP contribution in [0.4, 0.5) is 17.1 Å². The van der Waals surface area contributed by atoms with Gasteiger partial charge in [0.05, 0.1) is 16.7 Å². The van der Waals surface area contributed by atoms with Gasteiger partial charge in [-0.15, -0.1) is 0 Å². The van der Waals surface area contributed by atoms with Crippen LogP contribution < -0.4 is 4.90 Å². The molecule has 0 fully saturated rings. The Balaban J connectivity index is 1.20. The van der Waals surface area contributed by atoms with E-state index in [9.17, 15) is 0 Å². The smallest absolute Gasteiger partial charge is 0.143 e. The van der Waals surface area contributed by atoms with Crippen molar-refractivity contribution >= 4 is 93.1 Å². The third-order valence-corrected chi connectivity index (χ3v) is 10.5. The number of hydrogen-bond acceptors (Lipinski definition) is 2. The van der Waals surface area contributed by atoms with E-state index in [2.05, 4.69) is 185 Å². The van der Waals surface area contributed by atoms with Crippen LogP contribution in [-0.4, -0.2) is 4.57 Å². The van der Waals surface area contributed by atoms with Crippen molar-refractivity contribution in [3.8, 4) is 5.69 Å². The third kappa shape index (κ3) is 4.06. The molecule has 9 aromatic carbocycles. The predicted octanol–water partition coefficient (Wildman–Crippen LogP) is 13.6. The van der Waals surface area contributed by atoms with Gasteiger partial charge in [-0.3, -0.25) is 0 Å². The average molecular weight is 651 g/mol. The number of aromatic nitrogens is 1. The summed E-state index contributed by atoms with van der Waals surface area (Å²) in [5.41, 5.74) is 8.74. The van der Waals surface area contributed by atoms with Gasteiger partial charge in [-0.25, -0.2) is 0 Å². The largest absolute Gasteiger partial charge is 0.455 e. The van der Waals surface area contributed by atoms with E-state index in [1.807, 2.05) is 6.07 Å². The molecule has 0 aliphatic heterocycles. The van der Waals surface area contributed by atoms with E-state index in [0.29, 0.717) is 0 Å². The van der Waals surface area contributed by atoms with Crippen LogP contribution >= 0.6 is 0 Å². The van der Waals surface area contributed by atoms with Crippen LogP contribution in [0.25, 0.3) is 81.7 Å². The number of para-hydroxylation sites is 4. The van der Waals surface area contributed by atoms with Gasteiger partial charge in [0, 0.05) is 44.0 Å². The van der Waals surface area contributed by atoms with Gasteiger partial charge in [-0.05, 0) is 87.6 Å². The molecule has 0 aliphatic carbocycles. The van der Waals surface area contributed by atoms with Gasteiger partial charge < -0.3 is 13.9 Å². The van der Waals surface area contributed by atoms with E-state index in [1.54, 1.807) is 0 Å². The lowest BCUT2D eigenvalue weighted by molar-refractivity contribution is 0.673. The fourth-order valence-corrected chi connectivity index (χ4v) is 8.40. The van der Waals surface area contributed by atoms with Gasteiger partial charge in [-0.2, -0.15) is 0 Å². The lowest BCUT2D eigenvalue weighted by Crippen LogP contribution is -2.10. The molecule has 0 spiro atoms. The normalized spacial score (nSPS) is 11.9. The summed E-state index contributed by atoms with van der Waals surface area (Å²) >= 11 is 0. The van der Waals surface area contributed by atoms with Crippen molar-refractivity contribution in [3.63, 3.8) is 0 Å². The van der Waals surface area contributed by atoms with Crippen LogP contribution in [0.5, 0.6) is 0 Å². The molecule has 0 saturated carbocycles. The van der Waals surface area contributed by atoms with Gasteiger partial charge in [0.25, 0.3) is 0 Å². The van der Waals surface area contributed by atoms with E-state index >= 15 is 0 Å². The van der Waals surface area contributed by atoms with E-state index in [4.69, 9.17) is 4.42 Å². The molecule has 0 amide bonds. The Morgan fingerprint density at radius 2 is 1.06 bits per heavy atom. The topological polar surface area (TPSA) is 21.3 Å². The Kier molecular flexibility index (Phi) is 5.96. The second-order valence-electron chi connectivity index (χ2n) is 13.3. The van der Waals surface area contributed by atoms with E-state index in [-0.39, 0.29) is 0 Å². The van der Waals surface area contributed by atoms with Crippen LogP contribution in [0, 0.1) is 0 Å². The van der Waals surface area contributed by atoms with Crippen LogP contribution in [0.15, 0.2) is 186 Å². The van der Waals surface area contributed by atoms with Crippen molar-refractivity contribution in [2.45, 2.75) is 0 Å². The summed E-state index contributed by atoms with van der Waals surface area (Å²) in [5.74, 6) is 0. The summed E-state index contributed by atoms with van der Waals surface area (Å²) in [6.07, 6.45) is 0. The van der Waals surface area contributed by atoms with Crippen molar-refractivity contribution in [1.29, 1.82) is 0 Å². The number of nitrogens with zero attached hydrogens (tertiary/aromatic N) is 2. The first-order valence-electron chi connectivity index (χ1n) is 17.4. The maximum atomic E-state index is 6.52. The SMILES string of the molecule is c1ccc(N(c2ccc3c(ccc4c3c3ccccc3c3oc5ccccc5c43)c2)c2cccc3c2c2ccccc2n3-c2ccccc2)cc1. The molecule has 0 unspecified atom stereocenters. The minimum Gasteiger partial charge on any atom is -0.455 e. The molecule has 0 radical (unpaired) electrons. The maximum absolute atomic E-state index is 6.52. The van der Waals surface area contributed by atoms with E-state index in [1.165, 1.54) is 54.1 Å². The summed E-state index contributed by atoms with van der Waals surface area (Å²) < 4.78 is 8.91. The zero-order valence-electron chi connectivity index (χ0n) is 27.6. The summed E-state index contributed by atoms with van der Waals surface area (Å²) in [5, 5.41) is 12.0. The van der Waals surface area contributed by atoms with Crippen molar-refractivity contribution in [1.82, 2.24) is 4.57 Å². The number of anilines is 3. The lowest BCUT2D eigenvalue weighted by Gasteiger charge is -2.27. The van der Waals surface area contributed by atoms with Crippen molar-refractivity contribution in [2.75, 3.05) is 4.90 Å². The first-order valence-corrected chi connectivity index (χ1v) is 17.4. The first-order chi connectivity index (χ1) is 25.3. The minimum absolute atomic E-state index is 0.918. The number of furan rings is 1. The standard InChI is InChI=1S/C48H30N2O/c1-3-14-32(15-4-1)49(42-23-13-24-43-47(42)38-20-9-11-22-41(38)50(43)33-16-5-2-6-17-33)34-27-29-35-31(30-34)26-28-40-45(35)36-18-7-8-19-37(36)48-46(40)39-21-10-12-25-44(39)51-48/h1-30H. The molecule has 0 aliphatic rings. The minimum atomic E-state index is 0.918. The summed E-state index contributed by atoms with van der Waals surface area (Å²) in [7, 11) is 0. The maximum Gasteiger partial charge on any atom is 0.143 e. The molecule has 0 atom stereocenters. The monoisotopic (exact) mass is 650 g/mol. The second kappa shape index (κ2) is 10.8. The van der Waals surface area contributed by atoms with E-state index < -0.39 is 0 Å². The van der Waals surface area contributed by atoms with Gasteiger partial charge in [0.1, 0.15) is 11.2 Å². The zero-order valence-corrected chi connectivity index (χ0v) is 27.6. The summed E-state index contributed by atoms with van der Waals surface area (Å²) in [6, 6.07) is 65.4. The molecular formula is C48H30N2O. The fourth-order valence-electron chi connectivity index (χ4n) is 8.40. The quantitative estimate of drug-likeness (QED) is 0.177. The summed E-state index contributed by atoms with van der Waals surface area (Å²) in [6.45, 7) is 0. The number of hydrogen-bond donors (Lipinski definition) is 0. The van der Waals surface area contributed by atoms with Gasteiger partial charge in [-0.1, -0.05) is 121 Å². The molecular weight excluding hydrogens is 621 g/mol. The number of rotatable bonds is 4. The Morgan fingerprint density at radius 3 is 1.90 bits per heavy atom.